The fraction of sp³-hybridized carbons (Fsp3) is 0.125. The molecule has 0 amide bonds. The number of nitrogens with one attached hydrogen (secondary N) is 2. The van der Waals surface area contributed by atoms with Gasteiger partial charge in [-0.05, 0) is 48.1 Å². The van der Waals surface area contributed by atoms with E-state index in [1.54, 1.807) is 23.1 Å². The molecule has 0 saturated carbocycles. The largest absolute Gasteiger partial charge is 0.489 e. The molecule has 9 heteroatoms. The molecular formula is C16H13BrCl2N4OS. The van der Waals surface area contributed by atoms with Gasteiger partial charge in [0.15, 0.2) is 0 Å². The molecule has 0 radical (unpaired) electrons. The van der Waals surface area contributed by atoms with Gasteiger partial charge in [-0.15, -0.1) is 0 Å². The van der Waals surface area contributed by atoms with Crippen LogP contribution in [0.5, 0.6) is 5.75 Å². The van der Waals surface area contributed by atoms with Crippen LogP contribution in [0.2, 0.25) is 10.0 Å². The molecule has 0 saturated heterocycles. The van der Waals surface area contributed by atoms with E-state index in [-0.39, 0.29) is 0 Å². The summed E-state index contributed by atoms with van der Waals surface area (Å²) in [5.74, 6) is 0.761. The van der Waals surface area contributed by atoms with Crippen molar-refractivity contribution in [2.75, 3.05) is 5.43 Å². The normalized spacial score (nSPS) is 10.7. The first kappa shape index (κ1) is 18.3. The van der Waals surface area contributed by atoms with Crippen molar-refractivity contribution in [1.82, 2.24) is 14.9 Å². The van der Waals surface area contributed by atoms with Crippen LogP contribution >= 0.6 is 51.3 Å². The molecule has 0 unspecified atom stereocenters. The van der Waals surface area contributed by atoms with Gasteiger partial charge in [-0.25, -0.2) is 4.68 Å². The van der Waals surface area contributed by atoms with Crippen molar-refractivity contribution >= 4 is 51.3 Å². The van der Waals surface area contributed by atoms with Crippen molar-refractivity contribution in [3.05, 3.63) is 73.1 Å². The van der Waals surface area contributed by atoms with E-state index in [2.05, 4.69) is 31.6 Å². The van der Waals surface area contributed by atoms with Gasteiger partial charge in [0.2, 0.25) is 4.77 Å². The SMILES string of the molecule is S=c1[nH]ncn1NCc1cc(Br)ccc1OCc1ccc(Cl)c(Cl)c1. The highest BCUT2D eigenvalue weighted by atomic mass is 79.9. The van der Waals surface area contributed by atoms with Crippen LogP contribution in [-0.2, 0) is 13.2 Å². The fourth-order valence-electron chi connectivity index (χ4n) is 2.15. The van der Waals surface area contributed by atoms with Crippen LogP contribution in [0.25, 0.3) is 0 Å². The molecule has 3 rings (SSSR count). The summed E-state index contributed by atoms with van der Waals surface area (Å²) in [6.07, 6.45) is 1.58. The van der Waals surface area contributed by atoms with E-state index in [1.165, 1.54) is 0 Å². The van der Waals surface area contributed by atoms with Gasteiger partial charge < -0.3 is 10.2 Å². The number of aromatic nitrogens is 3. The zero-order chi connectivity index (χ0) is 17.8. The molecule has 25 heavy (non-hydrogen) atoms. The number of rotatable bonds is 6. The van der Waals surface area contributed by atoms with Gasteiger partial charge in [0.05, 0.1) is 16.6 Å². The third kappa shape index (κ3) is 4.76. The van der Waals surface area contributed by atoms with Crippen LogP contribution in [0.1, 0.15) is 11.1 Å². The van der Waals surface area contributed by atoms with Crippen LogP contribution in [0.15, 0.2) is 47.2 Å². The van der Waals surface area contributed by atoms with Gasteiger partial charge in [0.1, 0.15) is 18.7 Å². The van der Waals surface area contributed by atoms with Crippen molar-refractivity contribution in [3.63, 3.8) is 0 Å². The predicted molar refractivity (Wildman–Crippen MR) is 105 cm³/mol. The molecule has 0 fully saturated rings. The summed E-state index contributed by atoms with van der Waals surface area (Å²) in [7, 11) is 0. The van der Waals surface area contributed by atoms with Crippen LogP contribution in [0.3, 0.4) is 0 Å². The number of hydrogen-bond donors (Lipinski definition) is 2. The van der Waals surface area contributed by atoms with Crippen LogP contribution in [-0.4, -0.2) is 14.9 Å². The molecule has 0 aliphatic rings. The maximum absolute atomic E-state index is 6.04. The monoisotopic (exact) mass is 458 g/mol. The van der Waals surface area contributed by atoms with Crippen molar-refractivity contribution in [1.29, 1.82) is 0 Å². The molecule has 1 heterocycles. The Balaban J connectivity index is 1.73. The zero-order valence-corrected chi connectivity index (χ0v) is 16.7. The summed E-state index contributed by atoms with van der Waals surface area (Å²) in [6, 6.07) is 11.3. The van der Waals surface area contributed by atoms with Crippen LogP contribution in [0, 0.1) is 4.77 Å². The Labute approximate surface area is 168 Å². The molecule has 3 aromatic rings. The quantitative estimate of drug-likeness (QED) is 0.489. The van der Waals surface area contributed by atoms with Crippen molar-refractivity contribution in [3.8, 4) is 5.75 Å². The molecule has 0 spiro atoms. The number of benzene rings is 2. The minimum absolute atomic E-state index is 0.386. The average Bonchev–Trinajstić information content (AvgIpc) is 3.00. The Morgan fingerprint density at radius 1 is 1.20 bits per heavy atom. The Kier molecular flexibility index (Phi) is 6.01. The molecule has 1 aromatic heterocycles. The molecule has 0 aliphatic carbocycles. The average molecular weight is 460 g/mol. The smallest absolute Gasteiger partial charge is 0.214 e. The Morgan fingerprint density at radius 3 is 2.76 bits per heavy atom. The zero-order valence-electron chi connectivity index (χ0n) is 12.8. The Morgan fingerprint density at radius 2 is 2.04 bits per heavy atom. The molecule has 0 bridgehead atoms. The third-order valence-electron chi connectivity index (χ3n) is 3.39. The van der Waals surface area contributed by atoms with Gasteiger partial charge in [0, 0.05) is 10.0 Å². The second-order valence-corrected chi connectivity index (χ2v) is 7.27. The van der Waals surface area contributed by atoms with Crippen molar-refractivity contribution in [2.24, 2.45) is 0 Å². The van der Waals surface area contributed by atoms with Gasteiger partial charge in [-0.3, -0.25) is 5.10 Å². The fourth-order valence-corrected chi connectivity index (χ4v) is 3.04. The Bertz CT molecular complexity index is 944. The van der Waals surface area contributed by atoms with Crippen LogP contribution in [0.4, 0.5) is 0 Å². The molecule has 130 valence electrons. The summed E-state index contributed by atoms with van der Waals surface area (Å²) in [6.45, 7) is 0.903. The summed E-state index contributed by atoms with van der Waals surface area (Å²) in [4.78, 5) is 0. The lowest BCUT2D eigenvalue weighted by atomic mass is 10.2. The predicted octanol–water partition coefficient (Wildman–Crippen LogP) is 5.33. The number of aromatic amines is 1. The molecule has 2 N–H and O–H groups in total. The highest BCUT2D eigenvalue weighted by molar-refractivity contribution is 9.10. The van der Waals surface area contributed by atoms with Crippen LogP contribution < -0.4 is 10.2 Å². The molecule has 0 atom stereocenters. The minimum atomic E-state index is 0.386. The second-order valence-electron chi connectivity index (χ2n) is 5.16. The molecular weight excluding hydrogens is 447 g/mol. The standard InChI is InChI=1S/C16H13BrCl2N4OS/c17-12-2-4-15(24-8-10-1-3-13(18)14(19)5-10)11(6-12)7-21-23-9-20-22-16(23)25/h1-6,9,21H,7-8H2,(H,22,25). The maximum atomic E-state index is 6.04. The maximum Gasteiger partial charge on any atom is 0.214 e. The van der Waals surface area contributed by atoms with E-state index < -0.39 is 0 Å². The highest BCUT2D eigenvalue weighted by Crippen LogP contribution is 2.26. The van der Waals surface area contributed by atoms with E-state index in [9.17, 15) is 0 Å². The first-order valence-electron chi connectivity index (χ1n) is 7.24. The number of hydrogen-bond acceptors (Lipinski definition) is 4. The van der Waals surface area contributed by atoms with E-state index in [4.69, 9.17) is 40.2 Å². The topological polar surface area (TPSA) is 54.9 Å². The van der Waals surface area contributed by atoms with E-state index in [1.807, 2.05) is 24.3 Å². The van der Waals surface area contributed by atoms with Gasteiger partial charge in [-0.1, -0.05) is 45.2 Å². The van der Waals surface area contributed by atoms with E-state index in [0.29, 0.717) is 28.0 Å². The van der Waals surface area contributed by atoms with Gasteiger partial charge >= 0.3 is 0 Å². The lowest BCUT2D eigenvalue weighted by molar-refractivity contribution is 0.303. The van der Waals surface area contributed by atoms with Crippen molar-refractivity contribution < 1.29 is 4.74 Å². The number of ether oxygens (including phenoxy) is 1. The molecule has 0 aliphatic heterocycles. The summed E-state index contributed by atoms with van der Waals surface area (Å²) < 4.78 is 9.04. The number of nitrogens with zero attached hydrogens (tertiary/aromatic N) is 2. The number of halogens is 3. The summed E-state index contributed by atoms with van der Waals surface area (Å²) >= 11 is 20.6. The minimum Gasteiger partial charge on any atom is -0.489 e. The lowest BCUT2D eigenvalue weighted by Gasteiger charge is -2.14. The first-order valence-corrected chi connectivity index (χ1v) is 9.19. The van der Waals surface area contributed by atoms with E-state index >= 15 is 0 Å². The highest BCUT2D eigenvalue weighted by Gasteiger charge is 2.07. The molecule has 5 nitrogen and oxygen atoms in total. The number of H-pyrrole nitrogens is 1. The van der Waals surface area contributed by atoms with Gasteiger partial charge in [-0.2, -0.15) is 5.10 Å². The summed E-state index contributed by atoms with van der Waals surface area (Å²) in [5, 5.41) is 7.59. The van der Waals surface area contributed by atoms with Gasteiger partial charge in [0.25, 0.3) is 0 Å². The lowest BCUT2D eigenvalue weighted by Crippen LogP contribution is -2.14. The molecule has 2 aromatic carbocycles. The first-order chi connectivity index (χ1) is 12.0. The van der Waals surface area contributed by atoms with E-state index in [0.717, 1.165) is 21.3 Å². The summed E-state index contributed by atoms with van der Waals surface area (Å²) in [5.41, 5.74) is 5.08. The third-order valence-corrected chi connectivity index (χ3v) is 4.91. The Hall–Kier alpha value is -1.54. The second kappa shape index (κ2) is 8.23. The van der Waals surface area contributed by atoms with Crippen molar-refractivity contribution in [2.45, 2.75) is 13.2 Å².